The van der Waals surface area contributed by atoms with E-state index >= 15 is 0 Å². The van der Waals surface area contributed by atoms with Gasteiger partial charge in [0.1, 0.15) is 0 Å². The molecule has 0 aromatic heterocycles. The normalized spacial score (nSPS) is 14.4. The summed E-state index contributed by atoms with van der Waals surface area (Å²) in [5, 5.41) is 0. The molecule has 88 valence electrons. The summed E-state index contributed by atoms with van der Waals surface area (Å²) < 4.78 is 15.8. The molecule has 0 unspecified atom stereocenters. The molecule has 0 saturated heterocycles. The van der Waals surface area contributed by atoms with Crippen molar-refractivity contribution in [3.63, 3.8) is 0 Å². The van der Waals surface area contributed by atoms with Gasteiger partial charge in [-0.15, -0.1) is 0 Å². The molecule has 0 bridgehead atoms. The van der Waals surface area contributed by atoms with E-state index in [1.54, 1.807) is 12.2 Å². The second-order valence-corrected chi connectivity index (χ2v) is 3.76. The van der Waals surface area contributed by atoms with E-state index in [9.17, 15) is 0 Å². The van der Waals surface area contributed by atoms with Gasteiger partial charge in [0.05, 0.1) is 2.74 Å². The molecule has 0 atom stereocenters. The summed E-state index contributed by atoms with van der Waals surface area (Å²) in [4.78, 5) is 0. The van der Waals surface area contributed by atoms with Crippen molar-refractivity contribution in [1.29, 1.82) is 0 Å². The minimum atomic E-state index is 0.203. The van der Waals surface area contributed by atoms with Gasteiger partial charge in [-0.3, -0.25) is 0 Å². The summed E-state index contributed by atoms with van der Waals surface area (Å²) in [6.07, 6.45) is 7.26. The van der Waals surface area contributed by atoms with Crippen molar-refractivity contribution in [2.24, 2.45) is 0 Å². The Bertz CT molecular complexity index is 623. The zero-order valence-electron chi connectivity index (χ0n) is 12.1. The SMILES string of the molecule is [2H]C(/C=C/C=C/c1ccccc1)=C(\[2H])c1ccccc1. The highest BCUT2D eigenvalue weighted by Gasteiger charge is 1.80. The van der Waals surface area contributed by atoms with Crippen LogP contribution in [0, 0.1) is 0 Å². The van der Waals surface area contributed by atoms with Crippen LogP contribution in [-0.4, -0.2) is 0 Å². The average Bonchev–Trinajstić information content (AvgIpc) is 2.52. The third-order valence-electron chi connectivity index (χ3n) is 2.37. The van der Waals surface area contributed by atoms with Crippen molar-refractivity contribution < 1.29 is 2.74 Å². The van der Waals surface area contributed by atoms with Gasteiger partial charge in [-0.05, 0) is 11.1 Å². The molecular weight excluding hydrogens is 216 g/mol. The Kier molecular flexibility index (Phi) is 3.80. The monoisotopic (exact) mass is 234 g/mol. The second-order valence-electron chi connectivity index (χ2n) is 3.76. The fourth-order valence-corrected chi connectivity index (χ4v) is 1.48. The highest BCUT2D eigenvalue weighted by molar-refractivity contribution is 5.53. The van der Waals surface area contributed by atoms with Gasteiger partial charge in [0.25, 0.3) is 0 Å². The van der Waals surface area contributed by atoms with E-state index < -0.39 is 0 Å². The largest absolute Gasteiger partial charge is 0.0629 e. The molecule has 0 N–H and O–H groups in total. The van der Waals surface area contributed by atoms with Gasteiger partial charge in [-0.1, -0.05) is 97.1 Å². The molecule has 0 aliphatic carbocycles. The Morgan fingerprint density at radius 1 is 0.667 bits per heavy atom. The average molecular weight is 234 g/mol. The van der Waals surface area contributed by atoms with Crippen molar-refractivity contribution in [2.75, 3.05) is 0 Å². The summed E-state index contributed by atoms with van der Waals surface area (Å²) in [7, 11) is 0. The van der Waals surface area contributed by atoms with E-state index in [-0.39, 0.29) is 12.1 Å². The third-order valence-corrected chi connectivity index (χ3v) is 2.37. The Balaban J connectivity index is 2.06. The van der Waals surface area contributed by atoms with E-state index in [0.717, 1.165) is 11.1 Å². The van der Waals surface area contributed by atoms with Crippen molar-refractivity contribution in [1.82, 2.24) is 0 Å². The first kappa shape index (κ1) is 9.67. The summed E-state index contributed by atoms with van der Waals surface area (Å²) in [5.74, 6) is 0. The van der Waals surface area contributed by atoms with Crippen molar-refractivity contribution >= 4 is 12.1 Å². The molecule has 18 heavy (non-hydrogen) atoms. The maximum absolute atomic E-state index is 7.94. The lowest BCUT2D eigenvalue weighted by molar-refractivity contribution is 1.66. The number of allylic oxidation sites excluding steroid dienone is 4. The van der Waals surface area contributed by atoms with Crippen LogP contribution in [0.1, 0.15) is 13.9 Å². The van der Waals surface area contributed by atoms with Crippen molar-refractivity contribution in [2.45, 2.75) is 0 Å². The van der Waals surface area contributed by atoms with E-state index in [2.05, 4.69) is 0 Å². The quantitative estimate of drug-likeness (QED) is 0.655. The molecule has 0 aliphatic rings. The Labute approximate surface area is 111 Å². The molecule has 0 radical (unpaired) electrons. The highest BCUT2D eigenvalue weighted by atomic mass is 13.9. The van der Waals surface area contributed by atoms with E-state index in [4.69, 9.17) is 2.74 Å². The molecule has 0 fully saturated rings. The molecule has 2 rings (SSSR count). The van der Waals surface area contributed by atoms with Crippen LogP contribution in [0.3, 0.4) is 0 Å². The maximum atomic E-state index is 7.94. The molecule has 0 heteroatoms. The van der Waals surface area contributed by atoms with Crippen LogP contribution in [0.25, 0.3) is 12.1 Å². The lowest BCUT2D eigenvalue weighted by atomic mass is 10.2. The summed E-state index contributed by atoms with van der Waals surface area (Å²) >= 11 is 0. The highest BCUT2D eigenvalue weighted by Crippen LogP contribution is 2.02. The molecular formula is C18H16. The van der Waals surface area contributed by atoms with Crippen molar-refractivity contribution in [3.05, 3.63) is 96.1 Å². The minimum absolute atomic E-state index is 0.203. The lowest BCUT2D eigenvalue weighted by Crippen LogP contribution is -1.67. The van der Waals surface area contributed by atoms with Crippen LogP contribution < -0.4 is 0 Å². The first-order valence-electron chi connectivity index (χ1n) is 6.90. The molecule has 0 amide bonds. The topological polar surface area (TPSA) is 0 Å². The smallest absolute Gasteiger partial charge is 0.0622 e. The van der Waals surface area contributed by atoms with Crippen LogP contribution in [0.5, 0.6) is 0 Å². The first-order valence-corrected chi connectivity index (χ1v) is 5.90. The Morgan fingerprint density at radius 2 is 1.28 bits per heavy atom. The molecule has 2 aromatic rings. The maximum Gasteiger partial charge on any atom is 0.0629 e. The molecule has 0 spiro atoms. The van der Waals surface area contributed by atoms with Gasteiger partial charge in [0.15, 0.2) is 0 Å². The number of benzene rings is 2. The third kappa shape index (κ3) is 4.26. The van der Waals surface area contributed by atoms with E-state index in [0.29, 0.717) is 0 Å². The van der Waals surface area contributed by atoms with Gasteiger partial charge >= 0.3 is 0 Å². The summed E-state index contributed by atoms with van der Waals surface area (Å²) in [6, 6.07) is 19.7. The van der Waals surface area contributed by atoms with Crippen molar-refractivity contribution in [3.8, 4) is 0 Å². The second kappa shape index (κ2) is 7.08. The first-order chi connectivity index (χ1) is 9.77. The molecule has 2 aromatic carbocycles. The van der Waals surface area contributed by atoms with Crippen LogP contribution in [-0.2, 0) is 0 Å². The van der Waals surface area contributed by atoms with Gasteiger partial charge in [-0.25, -0.2) is 0 Å². The minimum Gasteiger partial charge on any atom is -0.0622 e. The van der Waals surface area contributed by atoms with Crippen LogP contribution in [0.15, 0.2) is 84.9 Å². The fraction of sp³-hybridized carbons (Fsp3) is 0. The zero-order chi connectivity index (χ0) is 14.2. The summed E-state index contributed by atoms with van der Waals surface area (Å²) in [5.41, 5.74) is 1.87. The van der Waals surface area contributed by atoms with E-state index in [1.807, 2.05) is 72.8 Å². The predicted octanol–water partition coefficient (Wildman–Crippen LogP) is 4.97. The number of rotatable bonds is 4. The van der Waals surface area contributed by atoms with Gasteiger partial charge in [0.2, 0.25) is 0 Å². The molecule has 0 nitrogen and oxygen atoms in total. The number of hydrogen-bond donors (Lipinski definition) is 0. The standard InChI is InChI=1S/C18H16/c1(5-11-17-13-7-3-8-14-17)2-6-12-18-15-9-4-10-16-18/h1-16H/b2-1+,11-5-,12-6+/i5D,11D. The molecule has 0 heterocycles. The fourth-order valence-electron chi connectivity index (χ4n) is 1.48. The molecule has 0 aliphatic heterocycles. The van der Waals surface area contributed by atoms with Gasteiger partial charge < -0.3 is 0 Å². The molecule has 0 saturated carbocycles. The predicted molar refractivity (Wildman–Crippen MR) is 80.1 cm³/mol. The van der Waals surface area contributed by atoms with Crippen LogP contribution in [0.2, 0.25) is 0 Å². The van der Waals surface area contributed by atoms with Gasteiger partial charge in [-0.2, -0.15) is 0 Å². The lowest BCUT2D eigenvalue weighted by Gasteiger charge is -1.89. The Morgan fingerprint density at radius 3 is 1.94 bits per heavy atom. The Hall–Kier alpha value is -2.34. The van der Waals surface area contributed by atoms with E-state index in [1.165, 1.54) is 0 Å². The van der Waals surface area contributed by atoms with Crippen LogP contribution >= 0.6 is 0 Å². The summed E-state index contributed by atoms with van der Waals surface area (Å²) in [6.45, 7) is 0. The van der Waals surface area contributed by atoms with Crippen LogP contribution in [0.4, 0.5) is 0 Å². The zero-order valence-corrected chi connectivity index (χ0v) is 10.1. The number of hydrogen-bond acceptors (Lipinski definition) is 0. The van der Waals surface area contributed by atoms with Gasteiger partial charge in [0, 0.05) is 0 Å².